The molecule has 3 N–H and O–H groups in total. The lowest BCUT2D eigenvalue weighted by Crippen LogP contribution is -2.58. The Kier molecular flexibility index (Phi) is 3.69. The Bertz CT molecular complexity index is 655. The third-order valence-corrected chi connectivity index (χ3v) is 6.22. The molecule has 126 valence electrons. The number of fused-ring (bicyclic) bond motifs is 3. The molecule has 1 aromatic carbocycles. The molecule has 0 radical (unpaired) electrons. The molecule has 0 heterocycles. The fourth-order valence-electron chi connectivity index (χ4n) is 4.67. The lowest BCUT2D eigenvalue weighted by atomic mass is 9.48. The van der Waals surface area contributed by atoms with Gasteiger partial charge in [-0.2, -0.15) is 0 Å². The molecule has 0 bridgehead atoms. The van der Waals surface area contributed by atoms with Crippen LogP contribution in [0.1, 0.15) is 49.0 Å². The second kappa shape index (κ2) is 5.21. The Labute approximate surface area is 135 Å². The average molecular weight is 320 g/mol. The van der Waals surface area contributed by atoms with Gasteiger partial charge in [0.15, 0.2) is 17.3 Å². The summed E-state index contributed by atoms with van der Waals surface area (Å²) in [5.74, 6) is -0.225. The number of aromatic hydroxyl groups is 1. The number of benzene rings is 1. The van der Waals surface area contributed by atoms with Gasteiger partial charge in [-0.15, -0.1) is 0 Å². The van der Waals surface area contributed by atoms with Gasteiger partial charge in [0.2, 0.25) is 0 Å². The van der Waals surface area contributed by atoms with Crippen LogP contribution in [0.2, 0.25) is 0 Å². The number of phenolic OH excluding ortho intramolecular Hbond substituents is 1. The Morgan fingerprint density at radius 2 is 2.04 bits per heavy atom. The van der Waals surface area contributed by atoms with E-state index in [1.165, 1.54) is 7.11 Å². The molecule has 0 aliphatic heterocycles. The summed E-state index contributed by atoms with van der Waals surface area (Å²) in [5, 5.41) is 31.0. The number of carbonyl (C=O) groups excluding carboxylic acids is 1. The van der Waals surface area contributed by atoms with Crippen molar-refractivity contribution in [1.29, 1.82) is 0 Å². The van der Waals surface area contributed by atoms with Crippen LogP contribution in [0.25, 0.3) is 0 Å². The van der Waals surface area contributed by atoms with E-state index in [9.17, 15) is 20.1 Å². The molecule has 1 aromatic rings. The molecular formula is C18H24O5. The highest BCUT2D eigenvalue weighted by Crippen LogP contribution is 2.58. The highest BCUT2D eigenvalue weighted by atomic mass is 16.5. The number of ketones is 1. The summed E-state index contributed by atoms with van der Waals surface area (Å²) < 4.78 is 5.11. The molecule has 0 spiro atoms. The molecule has 4 atom stereocenters. The lowest BCUT2D eigenvalue weighted by molar-refractivity contribution is -0.0814. The van der Waals surface area contributed by atoms with E-state index in [2.05, 4.69) is 0 Å². The van der Waals surface area contributed by atoms with Gasteiger partial charge in [-0.3, -0.25) is 4.79 Å². The predicted octanol–water partition coefficient (Wildman–Crippen LogP) is 2.01. The van der Waals surface area contributed by atoms with Crippen LogP contribution in [0.4, 0.5) is 0 Å². The number of aliphatic hydroxyl groups excluding tert-OH is 2. The molecule has 1 saturated carbocycles. The van der Waals surface area contributed by atoms with Gasteiger partial charge in [0.1, 0.15) is 0 Å². The number of aliphatic hydroxyl groups is 2. The quantitative estimate of drug-likeness (QED) is 0.776. The number of Topliss-reactive ketones (excluding diaryl/α,β-unsaturated/α-hetero) is 1. The van der Waals surface area contributed by atoms with Gasteiger partial charge in [0.25, 0.3) is 0 Å². The third-order valence-electron chi connectivity index (χ3n) is 6.22. The van der Waals surface area contributed by atoms with Crippen molar-refractivity contribution < 1.29 is 24.9 Å². The highest BCUT2D eigenvalue weighted by Gasteiger charge is 2.58. The van der Waals surface area contributed by atoms with Crippen LogP contribution in [0.3, 0.4) is 0 Å². The van der Waals surface area contributed by atoms with E-state index in [0.29, 0.717) is 18.4 Å². The van der Waals surface area contributed by atoms with Crippen LogP contribution in [-0.4, -0.2) is 40.9 Å². The molecular weight excluding hydrogens is 296 g/mol. The van der Waals surface area contributed by atoms with E-state index in [1.807, 2.05) is 13.8 Å². The summed E-state index contributed by atoms with van der Waals surface area (Å²) in [5.41, 5.74) is -0.187. The van der Waals surface area contributed by atoms with E-state index in [1.54, 1.807) is 12.1 Å². The Morgan fingerprint density at radius 3 is 2.65 bits per heavy atom. The number of ether oxygens (including phenoxy) is 1. The van der Waals surface area contributed by atoms with Crippen LogP contribution in [-0.2, 0) is 5.41 Å². The van der Waals surface area contributed by atoms with Crippen molar-refractivity contribution >= 4 is 5.78 Å². The van der Waals surface area contributed by atoms with Gasteiger partial charge in [0, 0.05) is 18.4 Å². The zero-order valence-electron chi connectivity index (χ0n) is 13.8. The fraction of sp³-hybridized carbons (Fsp3) is 0.611. The molecule has 2 aliphatic rings. The van der Waals surface area contributed by atoms with Gasteiger partial charge in [-0.05, 0) is 35.8 Å². The molecule has 4 unspecified atom stereocenters. The number of carbonyl (C=O) groups is 1. The Balaban J connectivity index is 2.25. The van der Waals surface area contributed by atoms with Gasteiger partial charge >= 0.3 is 0 Å². The molecule has 3 rings (SSSR count). The molecule has 23 heavy (non-hydrogen) atoms. The largest absolute Gasteiger partial charge is 0.504 e. The molecule has 2 aliphatic carbocycles. The molecule has 0 aromatic heterocycles. The molecule has 1 fully saturated rings. The minimum Gasteiger partial charge on any atom is -0.504 e. The summed E-state index contributed by atoms with van der Waals surface area (Å²) in [7, 11) is 1.44. The maximum atomic E-state index is 12.7. The number of rotatable bonds is 2. The van der Waals surface area contributed by atoms with Crippen LogP contribution >= 0.6 is 0 Å². The first-order valence-electron chi connectivity index (χ1n) is 8.02. The van der Waals surface area contributed by atoms with Gasteiger partial charge in [-0.1, -0.05) is 19.9 Å². The smallest absolute Gasteiger partial charge is 0.168 e. The maximum absolute atomic E-state index is 12.7. The number of methoxy groups -OCH3 is 1. The topological polar surface area (TPSA) is 87.0 Å². The van der Waals surface area contributed by atoms with Crippen LogP contribution in [0.5, 0.6) is 11.5 Å². The SMILES string of the molecule is COc1ccc2c(c1O)C(=O)CC1C(C)(CO)CCC(O)C21C. The third kappa shape index (κ3) is 2.03. The van der Waals surface area contributed by atoms with Crippen LogP contribution in [0.15, 0.2) is 12.1 Å². The first kappa shape index (κ1) is 16.3. The maximum Gasteiger partial charge on any atom is 0.168 e. The van der Waals surface area contributed by atoms with E-state index in [4.69, 9.17) is 4.74 Å². The van der Waals surface area contributed by atoms with E-state index in [-0.39, 0.29) is 41.8 Å². The number of phenols is 1. The normalized spacial score (nSPS) is 36.3. The first-order valence-corrected chi connectivity index (χ1v) is 8.02. The van der Waals surface area contributed by atoms with Crippen molar-refractivity contribution in [2.75, 3.05) is 13.7 Å². The Hall–Kier alpha value is -1.59. The van der Waals surface area contributed by atoms with Crippen molar-refractivity contribution in [1.82, 2.24) is 0 Å². The second-order valence-corrected chi connectivity index (χ2v) is 7.37. The minimum absolute atomic E-state index is 0.0231. The second-order valence-electron chi connectivity index (χ2n) is 7.37. The zero-order chi connectivity index (χ0) is 17.0. The highest BCUT2D eigenvalue weighted by molar-refractivity contribution is 6.02. The van der Waals surface area contributed by atoms with Gasteiger partial charge in [0.05, 0.1) is 18.8 Å². The van der Waals surface area contributed by atoms with Crippen LogP contribution < -0.4 is 4.74 Å². The van der Waals surface area contributed by atoms with E-state index in [0.717, 1.165) is 0 Å². The van der Waals surface area contributed by atoms with Crippen molar-refractivity contribution in [3.8, 4) is 11.5 Å². The molecule has 0 amide bonds. The van der Waals surface area contributed by atoms with Gasteiger partial charge in [-0.25, -0.2) is 0 Å². The number of hydrogen-bond acceptors (Lipinski definition) is 5. The van der Waals surface area contributed by atoms with E-state index >= 15 is 0 Å². The van der Waals surface area contributed by atoms with Crippen molar-refractivity contribution in [2.24, 2.45) is 11.3 Å². The minimum atomic E-state index is -0.678. The summed E-state index contributed by atoms with van der Waals surface area (Å²) in [6.45, 7) is 3.89. The monoisotopic (exact) mass is 320 g/mol. The van der Waals surface area contributed by atoms with Gasteiger partial charge < -0.3 is 20.1 Å². The zero-order valence-corrected chi connectivity index (χ0v) is 13.8. The fourth-order valence-corrected chi connectivity index (χ4v) is 4.67. The van der Waals surface area contributed by atoms with E-state index < -0.39 is 16.9 Å². The number of hydrogen-bond donors (Lipinski definition) is 3. The predicted molar refractivity (Wildman–Crippen MR) is 84.9 cm³/mol. The summed E-state index contributed by atoms with van der Waals surface area (Å²) in [6.07, 6.45) is 0.824. The lowest BCUT2D eigenvalue weighted by Gasteiger charge is -2.56. The molecule has 5 nitrogen and oxygen atoms in total. The van der Waals surface area contributed by atoms with Crippen molar-refractivity contribution in [3.63, 3.8) is 0 Å². The van der Waals surface area contributed by atoms with Crippen molar-refractivity contribution in [2.45, 2.75) is 44.6 Å². The first-order chi connectivity index (χ1) is 10.8. The standard InChI is InChI=1S/C18H24O5/c1-17(9-19)7-6-14(21)18(2)10-4-5-12(23-3)16(22)15(10)11(20)8-13(17)18/h4-5,13-14,19,21-22H,6-9H2,1-3H3. The molecule has 0 saturated heterocycles. The van der Waals surface area contributed by atoms with Crippen LogP contribution in [0, 0.1) is 11.3 Å². The summed E-state index contributed by atoms with van der Waals surface area (Å²) >= 11 is 0. The molecule has 5 heteroatoms. The summed E-state index contributed by atoms with van der Waals surface area (Å²) in [4.78, 5) is 12.7. The summed E-state index contributed by atoms with van der Waals surface area (Å²) in [6, 6.07) is 3.40. The van der Waals surface area contributed by atoms with Crippen molar-refractivity contribution in [3.05, 3.63) is 23.3 Å². The Morgan fingerprint density at radius 1 is 1.35 bits per heavy atom. The average Bonchev–Trinajstić information content (AvgIpc) is 2.54.